The molecular weight excluding hydrogens is 470 g/mol. The molecule has 1 atom stereocenters. The smallest absolute Gasteiger partial charge is 0.253 e. The van der Waals surface area contributed by atoms with Gasteiger partial charge in [-0.2, -0.15) is 0 Å². The minimum Gasteiger partial charge on any atom is -0.494 e. The van der Waals surface area contributed by atoms with Crippen molar-refractivity contribution in [3.8, 4) is 5.75 Å². The van der Waals surface area contributed by atoms with Crippen LogP contribution in [0.15, 0.2) is 72.8 Å². The maximum absolute atomic E-state index is 12.8. The van der Waals surface area contributed by atoms with Crippen molar-refractivity contribution in [3.05, 3.63) is 94.8 Å². The summed E-state index contributed by atoms with van der Waals surface area (Å²) in [4.78, 5) is 17.7. The third kappa shape index (κ3) is 6.08. The highest BCUT2D eigenvalue weighted by atomic mass is 35.5. The van der Waals surface area contributed by atoms with Gasteiger partial charge in [0.2, 0.25) is 0 Å². The lowest BCUT2D eigenvalue weighted by atomic mass is 9.87. The molecule has 4 aromatic rings. The largest absolute Gasteiger partial charge is 0.494 e. The summed E-state index contributed by atoms with van der Waals surface area (Å²) in [6, 6.07) is 23.2. The zero-order valence-electron chi connectivity index (χ0n) is 21.4. The molecule has 6 heteroatoms. The van der Waals surface area contributed by atoms with Crippen molar-refractivity contribution in [1.82, 2.24) is 14.9 Å². The topological polar surface area (TPSA) is 56.2 Å². The number of hydrogen-bond acceptors (Lipinski definition) is 3. The minimum atomic E-state index is -0.279. The molecule has 1 heterocycles. The second-order valence-electron chi connectivity index (χ2n) is 10.1. The Morgan fingerprint density at radius 3 is 2.42 bits per heavy atom. The van der Waals surface area contributed by atoms with Gasteiger partial charge in [0.1, 0.15) is 11.6 Å². The number of imidazole rings is 1. The first-order valence-electron chi connectivity index (χ1n) is 12.5. The summed E-state index contributed by atoms with van der Waals surface area (Å²) in [7, 11) is 0. The summed E-state index contributed by atoms with van der Waals surface area (Å²) in [5.41, 5.74) is 3.87. The van der Waals surface area contributed by atoms with Gasteiger partial charge in [0.05, 0.1) is 34.3 Å². The molecule has 0 aliphatic rings. The van der Waals surface area contributed by atoms with E-state index < -0.39 is 0 Å². The van der Waals surface area contributed by atoms with Crippen molar-refractivity contribution in [1.29, 1.82) is 0 Å². The van der Waals surface area contributed by atoms with E-state index in [1.807, 2.05) is 49.4 Å². The van der Waals surface area contributed by atoms with Crippen LogP contribution in [-0.4, -0.2) is 22.1 Å². The molecule has 4 rings (SSSR count). The van der Waals surface area contributed by atoms with E-state index in [4.69, 9.17) is 21.3 Å². The summed E-state index contributed by atoms with van der Waals surface area (Å²) >= 11 is 6.22. The molecule has 1 amide bonds. The first-order valence-corrected chi connectivity index (χ1v) is 12.9. The normalized spacial score (nSPS) is 12.5. The number of ether oxygens (including phenoxy) is 1. The number of nitrogens with zero attached hydrogens (tertiary/aromatic N) is 2. The van der Waals surface area contributed by atoms with E-state index in [1.165, 1.54) is 5.56 Å². The maximum Gasteiger partial charge on any atom is 0.253 e. The molecule has 0 aliphatic heterocycles. The fourth-order valence-corrected chi connectivity index (χ4v) is 4.48. The lowest BCUT2D eigenvalue weighted by Gasteiger charge is -2.19. The van der Waals surface area contributed by atoms with Gasteiger partial charge < -0.3 is 14.6 Å². The van der Waals surface area contributed by atoms with Crippen LogP contribution >= 0.6 is 11.6 Å². The second kappa shape index (κ2) is 11.2. The van der Waals surface area contributed by atoms with Gasteiger partial charge in [0.15, 0.2) is 0 Å². The Bertz CT molecular complexity index is 1320. The van der Waals surface area contributed by atoms with E-state index in [9.17, 15) is 4.79 Å². The standard InChI is InChI=1S/C30H34ClN3O2/c1-21(32-29(35)24-11-5-6-12-25(24)31)28-33-26-13-7-8-14-27(26)34(28)19-9-10-20-36-23-17-15-22(16-18-23)30(2,3)4/h5-8,11-18,21H,9-10,19-20H2,1-4H3,(H,32,35). The van der Waals surface area contributed by atoms with Crippen molar-refractivity contribution in [2.75, 3.05) is 6.61 Å². The Hall–Kier alpha value is -3.31. The van der Waals surface area contributed by atoms with Gasteiger partial charge >= 0.3 is 0 Å². The van der Waals surface area contributed by atoms with E-state index in [0.717, 1.165) is 42.0 Å². The lowest BCUT2D eigenvalue weighted by Crippen LogP contribution is -2.29. The summed E-state index contributed by atoms with van der Waals surface area (Å²) in [5.74, 6) is 1.51. The molecule has 3 aromatic carbocycles. The predicted octanol–water partition coefficient (Wildman–Crippen LogP) is 7.34. The summed E-state index contributed by atoms with van der Waals surface area (Å²) in [6.07, 6.45) is 1.84. The molecule has 36 heavy (non-hydrogen) atoms. The van der Waals surface area contributed by atoms with Crippen LogP contribution in [0, 0.1) is 0 Å². The Balaban J connectivity index is 1.39. The highest BCUT2D eigenvalue weighted by Crippen LogP contribution is 2.25. The maximum atomic E-state index is 12.8. The number of rotatable bonds is 9. The van der Waals surface area contributed by atoms with Gasteiger partial charge in [0.25, 0.3) is 5.91 Å². The SMILES string of the molecule is CC(NC(=O)c1ccccc1Cl)c1nc2ccccc2n1CCCCOc1ccc(C(C)(C)C)cc1. The van der Waals surface area contributed by atoms with Crippen LogP contribution in [0.3, 0.4) is 0 Å². The highest BCUT2D eigenvalue weighted by Gasteiger charge is 2.20. The van der Waals surface area contributed by atoms with Crippen LogP contribution in [0.2, 0.25) is 5.02 Å². The Kier molecular flexibility index (Phi) is 8.00. The van der Waals surface area contributed by atoms with Crippen LogP contribution < -0.4 is 10.1 Å². The number of aryl methyl sites for hydroxylation is 1. The summed E-state index contributed by atoms with van der Waals surface area (Å²) in [5, 5.41) is 3.50. The molecule has 0 saturated heterocycles. The van der Waals surface area contributed by atoms with E-state index in [0.29, 0.717) is 17.2 Å². The fraction of sp³-hybridized carbons (Fsp3) is 0.333. The van der Waals surface area contributed by atoms with Crippen LogP contribution in [0.1, 0.15) is 68.3 Å². The van der Waals surface area contributed by atoms with Gasteiger partial charge in [-0.25, -0.2) is 4.98 Å². The monoisotopic (exact) mass is 503 g/mol. The molecule has 0 fully saturated rings. The fourth-order valence-electron chi connectivity index (χ4n) is 4.26. The third-order valence-electron chi connectivity index (χ3n) is 6.30. The Labute approximate surface area is 218 Å². The predicted molar refractivity (Wildman–Crippen MR) is 147 cm³/mol. The highest BCUT2D eigenvalue weighted by molar-refractivity contribution is 6.33. The molecule has 1 aromatic heterocycles. The average Bonchev–Trinajstić information content (AvgIpc) is 3.22. The van der Waals surface area contributed by atoms with Crippen molar-refractivity contribution in [2.24, 2.45) is 0 Å². The molecule has 1 unspecified atom stereocenters. The number of para-hydroxylation sites is 2. The van der Waals surface area contributed by atoms with Crippen LogP contribution in [0.5, 0.6) is 5.75 Å². The molecule has 5 nitrogen and oxygen atoms in total. The molecule has 1 N–H and O–H groups in total. The molecule has 0 saturated carbocycles. The van der Waals surface area contributed by atoms with E-state index in [2.05, 4.69) is 48.9 Å². The average molecular weight is 504 g/mol. The van der Waals surface area contributed by atoms with Gasteiger partial charge in [-0.3, -0.25) is 4.79 Å². The molecule has 0 radical (unpaired) electrons. The van der Waals surface area contributed by atoms with Crippen molar-refractivity contribution >= 4 is 28.5 Å². The van der Waals surface area contributed by atoms with Crippen LogP contribution in [-0.2, 0) is 12.0 Å². The minimum absolute atomic E-state index is 0.133. The number of nitrogens with one attached hydrogen (secondary N) is 1. The molecule has 0 spiro atoms. The second-order valence-corrected chi connectivity index (χ2v) is 10.5. The number of amides is 1. The zero-order chi connectivity index (χ0) is 25.7. The van der Waals surface area contributed by atoms with E-state index in [1.54, 1.807) is 12.1 Å². The number of benzene rings is 3. The number of halogens is 1. The Morgan fingerprint density at radius 1 is 1.00 bits per heavy atom. The molecule has 0 bridgehead atoms. The number of unbranched alkanes of at least 4 members (excludes halogenated alkanes) is 1. The van der Waals surface area contributed by atoms with Crippen LogP contribution in [0.25, 0.3) is 11.0 Å². The van der Waals surface area contributed by atoms with E-state index in [-0.39, 0.29) is 17.4 Å². The van der Waals surface area contributed by atoms with Crippen molar-refractivity contribution < 1.29 is 9.53 Å². The Morgan fingerprint density at radius 2 is 1.69 bits per heavy atom. The number of carbonyl (C=O) groups excluding carboxylic acids is 1. The lowest BCUT2D eigenvalue weighted by molar-refractivity contribution is 0.0938. The zero-order valence-corrected chi connectivity index (χ0v) is 22.2. The number of fused-ring (bicyclic) bond motifs is 1. The molecule has 188 valence electrons. The van der Waals surface area contributed by atoms with Gasteiger partial charge in [-0.05, 0) is 67.1 Å². The number of aromatic nitrogens is 2. The van der Waals surface area contributed by atoms with Gasteiger partial charge in [-0.15, -0.1) is 0 Å². The van der Waals surface area contributed by atoms with Crippen molar-refractivity contribution in [2.45, 2.75) is 58.5 Å². The first kappa shape index (κ1) is 25.8. The summed E-state index contributed by atoms with van der Waals surface area (Å²) in [6.45, 7) is 10.0. The first-order chi connectivity index (χ1) is 17.2. The third-order valence-corrected chi connectivity index (χ3v) is 6.63. The van der Waals surface area contributed by atoms with Crippen LogP contribution in [0.4, 0.5) is 0 Å². The quantitative estimate of drug-likeness (QED) is 0.243. The number of hydrogen-bond donors (Lipinski definition) is 1. The van der Waals surface area contributed by atoms with Gasteiger partial charge in [-0.1, -0.05) is 68.8 Å². The van der Waals surface area contributed by atoms with E-state index >= 15 is 0 Å². The number of carbonyl (C=O) groups is 1. The molecular formula is C30H34ClN3O2. The summed E-state index contributed by atoms with van der Waals surface area (Å²) < 4.78 is 8.18. The van der Waals surface area contributed by atoms with Crippen molar-refractivity contribution in [3.63, 3.8) is 0 Å². The molecule has 0 aliphatic carbocycles. The van der Waals surface area contributed by atoms with Gasteiger partial charge in [0, 0.05) is 6.54 Å².